The third-order valence-electron chi connectivity index (χ3n) is 9.50. The maximum atomic E-state index is 17.5. The molecule has 238 valence electrons. The average molecular weight is 617 g/mol. The van der Waals surface area contributed by atoms with E-state index in [1.54, 1.807) is 73.6 Å². The predicted octanol–water partition coefficient (Wildman–Crippen LogP) is 6.18. The molecule has 0 aromatic rings. The van der Waals surface area contributed by atoms with Crippen molar-refractivity contribution >= 4 is 13.6 Å². The van der Waals surface area contributed by atoms with Gasteiger partial charge in [0.2, 0.25) is 0 Å². The second-order valence-electron chi connectivity index (χ2n) is 14.8. The van der Waals surface area contributed by atoms with E-state index in [0.29, 0.717) is 5.57 Å². The second kappa shape index (κ2) is 11.0. The van der Waals surface area contributed by atoms with Gasteiger partial charge in [-0.3, -0.25) is 18.4 Å². The molecule has 3 fully saturated rings. The first kappa shape index (κ1) is 33.6. The van der Waals surface area contributed by atoms with Crippen molar-refractivity contribution in [3.63, 3.8) is 0 Å². The van der Waals surface area contributed by atoms with Crippen LogP contribution in [0, 0.1) is 28.6 Å². The van der Waals surface area contributed by atoms with E-state index in [2.05, 4.69) is 6.58 Å². The summed E-state index contributed by atoms with van der Waals surface area (Å²) >= 11 is 0. The Kier molecular flexibility index (Phi) is 8.78. The molecule has 2 N–H and O–H groups in total. The molecule has 4 rings (SSSR count). The van der Waals surface area contributed by atoms with E-state index in [-0.39, 0.29) is 24.8 Å². The molecule has 0 aliphatic heterocycles. The lowest BCUT2D eigenvalue weighted by atomic mass is 9.44. The Morgan fingerprint density at radius 1 is 1.12 bits per heavy atom. The number of ether oxygens (including phenoxy) is 1. The molecule has 0 saturated heterocycles. The number of ketones is 1. The van der Waals surface area contributed by atoms with Crippen molar-refractivity contribution in [1.29, 1.82) is 0 Å². The maximum absolute atomic E-state index is 17.5. The number of aliphatic hydroxyl groups is 2. The topological polar surface area (TPSA) is 112 Å². The number of Topliss-reactive ketones (excluding diaryl/α,β-unsaturated/α-hetero) is 1. The van der Waals surface area contributed by atoms with Gasteiger partial charge >= 0.3 is 7.82 Å². The first-order valence-corrected chi connectivity index (χ1v) is 16.1. The summed E-state index contributed by atoms with van der Waals surface area (Å²) in [5.74, 6) is -2.98. The average Bonchev–Trinajstić information content (AvgIpc) is 3.10. The molecular weight excluding hydrogens is 569 g/mol. The number of hydrogen-bond donors (Lipinski definition) is 2. The molecule has 0 aromatic carbocycles. The van der Waals surface area contributed by atoms with Crippen LogP contribution in [0.2, 0.25) is 0 Å². The van der Waals surface area contributed by atoms with E-state index in [1.165, 1.54) is 0 Å². The molecule has 4 aliphatic carbocycles. The van der Waals surface area contributed by atoms with Crippen LogP contribution < -0.4 is 0 Å². The van der Waals surface area contributed by atoms with Crippen molar-refractivity contribution in [3.05, 3.63) is 36.0 Å². The standard InChI is InChI=1S/C31H47F2O8P/c1-18-10-11-30(9)21(12-18)22(32)13-20-19-14-24(38-17-34)26(29(19,8)15-25(36)31(20,30)33)23(35)16-39-42(37,40-27(2,3)4)41-28(5,6)7/h10-12,19-20,22,24-26,34,36H,1,13-17H2,2-9H3/t19?,20?,22-,24+,25?,26?,29?,30?,31-/m0/s1. The van der Waals surface area contributed by atoms with E-state index in [4.69, 9.17) is 18.3 Å². The number of phosphoric acid groups is 1. The summed E-state index contributed by atoms with van der Waals surface area (Å²) in [4.78, 5) is 13.9. The van der Waals surface area contributed by atoms with Crippen molar-refractivity contribution in [2.24, 2.45) is 28.6 Å². The number of aliphatic hydroxyl groups excluding tert-OH is 2. The molecule has 0 heterocycles. The van der Waals surface area contributed by atoms with Gasteiger partial charge in [-0.1, -0.05) is 31.7 Å². The minimum Gasteiger partial charge on any atom is -0.390 e. The molecule has 9 atom stereocenters. The van der Waals surface area contributed by atoms with Gasteiger partial charge in [-0.05, 0) is 90.2 Å². The number of carbonyl (C=O) groups is 1. The molecule has 6 unspecified atom stereocenters. The molecule has 0 radical (unpaired) electrons. The predicted molar refractivity (Wildman–Crippen MR) is 154 cm³/mol. The molecule has 3 saturated carbocycles. The fourth-order valence-electron chi connectivity index (χ4n) is 8.08. The minimum absolute atomic E-state index is 0.102. The molecule has 0 aromatic heterocycles. The summed E-state index contributed by atoms with van der Waals surface area (Å²) in [5.41, 5.74) is -5.65. The van der Waals surface area contributed by atoms with Gasteiger partial charge in [0.15, 0.2) is 11.5 Å². The molecule has 0 spiro atoms. The fraction of sp³-hybridized carbons (Fsp3) is 0.774. The first-order valence-electron chi connectivity index (χ1n) is 14.6. The highest BCUT2D eigenvalue weighted by atomic mass is 31.2. The van der Waals surface area contributed by atoms with Crippen molar-refractivity contribution in [2.45, 2.75) is 110 Å². The van der Waals surface area contributed by atoms with E-state index in [1.807, 2.05) is 0 Å². The van der Waals surface area contributed by atoms with Gasteiger partial charge in [-0.15, -0.1) is 0 Å². The van der Waals surface area contributed by atoms with Gasteiger partial charge in [-0.2, -0.15) is 0 Å². The summed E-state index contributed by atoms with van der Waals surface area (Å²) in [6.45, 7) is 16.0. The van der Waals surface area contributed by atoms with Gasteiger partial charge in [0.05, 0.1) is 29.3 Å². The quantitative estimate of drug-likeness (QED) is 0.246. The number of rotatable bonds is 8. The number of halogens is 2. The van der Waals surface area contributed by atoms with E-state index < -0.39 is 90.8 Å². The number of allylic oxidation sites excluding steroid dienone is 5. The van der Waals surface area contributed by atoms with Crippen LogP contribution in [0.1, 0.15) is 74.7 Å². The number of alkyl halides is 2. The highest BCUT2D eigenvalue weighted by molar-refractivity contribution is 7.48. The number of fused-ring (bicyclic) bond motifs is 5. The number of phosphoric ester groups is 1. The van der Waals surface area contributed by atoms with Gasteiger partial charge in [-0.25, -0.2) is 13.3 Å². The highest BCUT2D eigenvalue weighted by Gasteiger charge is 2.73. The summed E-state index contributed by atoms with van der Waals surface area (Å²) in [7, 11) is -4.23. The maximum Gasteiger partial charge on any atom is 0.476 e. The Balaban J connectivity index is 1.67. The lowest BCUT2D eigenvalue weighted by molar-refractivity contribution is -0.202. The third-order valence-corrected chi connectivity index (χ3v) is 11.5. The Labute approximate surface area is 248 Å². The second-order valence-corrected chi connectivity index (χ2v) is 16.3. The molecular formula is C31H47F2O8P. The van der Waals surface area contributed by atoms with Gasteiger partial charge in [0.25, 0.3) is 0 Å². The Morgan fingerprint density at radius 3 is 2.26 bits per heavy atom. The third kappa shape index (κ3) is 5.78. The van der Waals surface area contributed by atoms with Crippen LogP contribution in [0.15, 0.2) is 36.0 Å². The smallest absolute Gasteiger partial charge is 0.390 e. The zero-order valence-corrected chi connectivity index (χ0v) is 26.9. The Morgan fingerprint density at radius 2 is 1.71 bits per heavy atom. The highest BCUT2D eigenvalue weighted by Crippen LogP contribution is 2.70. The molecule has 11 heteroatoms. The number of hydrogen-bond acceptors (Lipinski definition) is 8. The molecule has 8 nitrogen and oxygen atoms in total. The van der Waals surface area contributed by atoms with Crippen molar-refractivity contribution < 1.29 is 46.7 Å². The summed E-state index contributed by atoms with van der Waals surface area (Å²) < 4.78 is 69.4. The zero-order chi connectivity index (χ0) is 31.7. The van der Waals surface area contributed by atoms with Gasteiger partial charge in [0.1, 0.15) is 19.6 Å². The van der Waals surface area contributed by atoms with Crippen molar-refractivity contribution in [1.82, 2.24) is 0 Å². The monoisotopic (exact) mass is 616 g/mol. The van der Waals surface area contributed by atoms with E-state index in [0.717, 1.165) is 0 Å². The molecule has 0 amide bonds. The van der Waals surface area contributed by atoms with Crippen LogP contribution in [0.4, 0.5) is 8.78 Å². The van der Waals surface area contributed by atoms with Crippen LogP contribution in [-0.4, -0.2) is 64.6 Å². The Hall–Kier alpha value is -1.26. The SMILES string of the molecule is C=C1C=CC2(C)C(=C1)[C@@H](F)CC1C3C[C@@H](OCO)C(C(=O)COP(=O)(OC(C)(C)C)OC(C)(C)C)C3(C)CC(O)[C@@]12F. The molecule has 4 aliphatic rings. The number of carbonyl (C=O) groups excluding carboxylic acids is 1. The Bertz CT molecular complexity index is 1180. The van der Waals surface area contributed by atoms with Crippen LogP contribution in [-0.2, 0) is 27.7 Å². The van der Waals surface area contributed by atoms with Crippen LogP contribution >= 0.6 is 7.82 Å². The largest absolute Gasteiger partial charge is 0.476 e. The lowest BCUT2D eigenvalue weighted by Crippen LogP contribution is -2.68. The molecule has 0 bridgehead atoms. The minimum atomic E-state index is -4.23. The van der Waals surface area contributed by atoms with Gasteiger partial charge in [0, 0.05) is 11.3 Å². The lowest BCUT2D eigenvalue weighted by Gasteiger charge is -2.62. The van der Waals surface area contributed by atoms with Crippen molar-refractivity contribution in [2.75, 3.05) is 13.4 Å². The molecule has 42 heavy (non-hydrogen) atoms. The van der Waals surface area contributed by atoms with Crippen LogP contribution in [0.5, 0.6) is 0 Å². The van der Waals surface area contributed by atoms with E-state index >= 15 is 8.78 Å². The summed E-state index contributed by atoms with van der Waals surface area (Å²) in [5, 5.41) is 21.3. The zero-order valence-electron chi connectivity index (χ0n) is 26.0. The van der Waals surface area contributed by atoms with E-state index in [9.17, 15) is 19.6 Å². The summed E-state index contributed by atoms with van der Waals surface area (Å²) in [6.07, 6.45) is 0.864. The van der Waals surface area contributed by atoms with Crippen LogP contribution in [0.25, 0.3) is 0 Å². The van der Waals surface area contributed by atoms with Gasteiger partial charge < -0.3 is 14.9 Å². The van der Waals surface area contributed by atoms with Crippen molar-refractivity contribution in [3.8, 4) is 0 Å². The van der Waals surface area contributed by atoms with Crippen LogP contribution in [0.3, 0.4) is 0 Å². The first-order chi connectivity index (χ1) is 19.1. The normalized spacial score (nSPS) is 40.3. The fourth-order valence-corrected chi connectivity index (χ4v) is 9.85. The summed E-state index contributed by atoms with van der Waals surface area (Å²) in [6, 6.07) is 0.